The van der Waals surface area contributed by atoms with Gasteiger partial charge in [0.1, 0.15) is 28.7 Å². The average molecular weight is 631 g/mol. The summed E-state index contributed by atoms with van der Waals surface area (Å²) in [7, 11) is 0. The number of ether oxygens (including phenoxy) is 2. The molecule has 0 N–H and O–H groups in total. The summed E-state index contributed by atoms with van der Waals surface area (Å²) in [4.78, 5) is 25.1. The van der Waals surface area contributed by atoms with Gasteiger partial charge in [0, 0.05) is 35.7 Å². The van der Waals surface area contributed by atoms with Gasteiger partial charge in [-0.1, -0.05) is 24.3 Å². The zero-order valence-electron chi connectivity index (χ0n) is 27.0. The summed E-state index contributed by atoms with van der Waals surface area (Å²) >= 11 is 1.76. The van der Waals surface area contributed by atoms with E-state index in [1.54, 1.807) is 28.7 Å². The molecule has 1 fully saturated rings. The van der Waals surface area contributed by atoms with Gasteiger partial charge in [0.05, 0.1) is 24.4 Å². The van der Waals surface area contributed by atoms with E-state index >= 15 is 0 Å². The minimum atomic E-state index is -0.474. The Labute approximate surface area is 268 Å². The predicted octanol–water partition coefficient (Wildman–Crippen LogP) is 6.73. The number of amides is 1. The fourth-order valence-electron chi connectivity index (χ4n) is 5.93. The highest BCUT2D eigenvalue weighted by Gasteiger charge is 2.32. The molecule has 0 spiro atoms. The van der Waals surface area contributed by atoms with E-state index in [2.05, 4.69) is 57.9 Å². The van der Waals surface area contributed by atoms with Crippen LogP contribution in [0.25, 0.3) is 5.00 Å². The molecule has 2 aliphatic heterocycles. The molecule has 0 bridgehead atoms. The molecule has 10 nitrogen and oxygen atoms in total. The molecule has 0 aliphatic carbocycles. The maximum atomic E-state index is 12.3. The second-order valence-corrected chi connectivity index (χ2v) is 14.1. The number of oxazole rings is 1. The molecule has 4 aromatic rings. The van der Waals surface area contributed by atoms with Gasteiger partial charge in [-0.25, -0.2) is 9.78 Å². The summed E-state index contributed by atoms with van der Waals surface area (Å²) in [6.07, 6.45) is 7.25. The molecule has 5 heterocycles. The maximum absolute atomic E-state index is 12.3. The van der Waals surface area contributed by atoms with Gasteiger partial charge in [-0.3, -0.25) is 9.56 Å². The molecular formula is C34H42N6O4S. The molecule has 1 saturated heterocycles. The van der Waals surface area contributed by atoms with Gasteiger partial charge in [0.15, 0.2) is 11.7 Å². The Morgan fingerprint density at radius 3 is 2.53 bits per heavy atom. The molecule has 3 aromatic heterocycles. The standard InChI is InChI=1S/C34H42N6O4S/c1-21-22(2)45-32-29(21)30(36-27(20-28-35-15-19-43-28)31-38-37-23(3)40(31)32)25-11-9-24(10-12-25)8-7-18-42-26-13-16-39(17-14-26)33(41)44-34(4,5)6/h9-12,15,19,26-27H,7-8,13-14,16-18,20H2,1-6H3/t27-/m0/s1. The van der Waals surface area contributed by atoms with Crippen LogP contribution in [0, 0.1) is 20.8 Å². The van der Waals surface area contributed by atoms with Crippen LogP contribution in [-0.2, 0) is 22.3 Å². The van der Waals surface area contributed by atoms with Crippen molar-refractivity contribution in [2.24, 2.45) is 4.99 Å². The van der Waals surface area contributed by atoms with E-state index < -0.39 is 5.60 Å². The molecule has 238 valence electrons. The van der Waals surface area contributed by atoms with E-state index in [1.807, 2.05) is 27.7 Å². The lowest BCUT2D eigenvalue weighted by molar-refractivity contribution is -0.0117. The van der Waals surface area contributed by atoms with Crippen molar-refractivity contribution in [1.82, 2.24) is 24.6 Å². The van der Waals surface area contributed by atoms with E-state index in [0.29, 0.717) is 32.0 Å². The number of rotatable bonds is 8. The number of carbonyl (C=O) groups excluding carboxylic acids is 1. The summed E-state index contributed by atoms with van der Waals surface area (Å²) in [5.74, 6) is 2.27. The van der Waals surface area contributed by atoms with Crippen molar-refractivity contribution in [2.75, 3.05) is 19.7 Å². The number of aliphatic imine (C=N–C) groups is 1. The van der Waals surface area contributed by atoms with Crippen LogP contribution < -0.4 is 0 Å². The normalized spacial score (nSPS) is 17.1. The third-order valence-corrected chi connectivity index (χ3v) is 9.57. The summed E-state index contributed by atoms with van der Waals surface area (Å²) < 4.78 is 19.5. The van der Waals surface area contributed by atoms with Crippen LogP contribution in [0.5, 0.6) is 0 Å². The molecule has 0 unspecified atom stereocenters. The highest BCUT2D eigenvalue weighted by molar-refractivity contribution is 7.15. The van der Waals surface area contributed by atoms with Crippen LogP contribution in [0.15, 0.2) is 46.1 Å². The molecule has 0 saturated carbocycles. The Kier molecular flexibility index (Phi) is 8.92. The zero-order chi connectivity index (χ0) is 31.7. The van der Waals surface area contributed by atoms with E-state index in [-0.39, 0.29) is 18.2 Å². The molecule has 1 aromatic carbocycles. The number of fused-ring (bicyclic) bond motifs is 3. The van der Waals surface area contributed by atoms with E-state index in [1.165, 1.54) is 16.0 Å². The Morgan fingerprint density at radius 2 is 1.84 bits per heavy atom. The minimum Gasteiger partial charge on any atom is -0.449 e. The predicted molar refractivity (Wildman–Crippen MR) is 174 cm³/mol. The van der Waals surface area contributed by atoms with E-state index in [9.17, 15) is 4.79 Å². The first-order chi connectivity index (χ1) is 21.6. The number of benzene rings is 1. The number of likely N-dealkylation sites (tertiary alicyclic amines) is 1. The number of hydrogen-bond donors (Lipinski definition) is 0. The SMILES string of the molecule is Cc1sc2c(c1C)C(c1ccc(CCCOC3CCN(C(=O)OC(C)(C)C)CC3)cc1)=N[C@@H](Cc1ncco1)c1nnc(C)n1-2. The number of hydrogen-bond acceptors (Lipinski definition) is 9. The van der Waals surface area contributed by atoms with Crippen molar-refractivity contribution in [2.45, 2.75) is 91.4 Å². The summed E-state index contributed by atoms with van der Waals surface area (Å²) in [5, 5.41) is 10.1. The molecule has 1 amide bonds. The van der Waals surface area contributed by atoms with E-state index in [0.717, 1.165) is 59.2 Å². The molecule has 1 atom stereocenters. The summed E-state index contributed by atoms with van der Waals surface area (Å²) in [6.45, 7) is 14.0. The fourth-order valence-corrected chi connectivity index (χ4v) is 7.14. The van der Waals surface area contributed by atoms with Gasteiger partial charge >= 0.3 is 6.09 Å². The lowest BCUT2D eigenvalue weighted by atomic mass is 9.98. The molecule has 6 rings (SSSR count). The van der Waals surface area contributed by atoms with Crippen LogP contribution in [0.3, 0.4) is 0 Å². The summed E-state index contributed by atoms with van der Waals surface area (Å²) in [5.41, 5.74) is 5.18. The molecule has 45 heavy (non-hydrogen) atoms. The second kappa shape index (κ2) is 12.9. The van der Waals surface area contributed by atoms with Gasteiger partial charge < -0.3 is 18.8 Å². The number of nitrogens with zero attached hydrogens (tertiary/aromatic N) is 6. The van der Waals surface area contributed by atoms with Gasteiger partial charge in [-0.2, -0.15) is 0 Å². The third-order valence-electron chi connectivity index (χ3n) is 8.38. The lowest BCUT2D eigenvalue weighted by Crippen LogP contribution is -2.43. The Balaban J connectivity index is 1.11. The first-order valence-corrected chi connectivity index (χ1v) is 16.6. The van der Waals surface area contributed by atoms with Crippen molar-refractivity contribution in [3.8, 4) is 5.00 Å². The van der Waals surface area contributed by atoms with Crippen LogP contribution >= 0.6 is 11.3 Å². The van der Waals surface area contributed by atoms with Gasteiger partial charge in [-0.05, 0) is 78.4 Å². The minimum absolute atomic E-state index is 0.184. The van der Waals surface area contributed by atoms with Crippen LogP contribution in [0.4, 0.5) is 4.79 Å². The van der Waals surface area contributed by atoms with Crippen LogP contribution in [0.2, 0.25) is 0 Å². The number of aromatic nitrogens is 4. The molecule has 2 aliphatic rings. The van der Waals surface area contributed by atoms with E-state index in [4.69, 9.17) is 18.9 Å². The smallest absolute Gasteiger partial charge is 0.410 e. The van der Waals surface area contributed by atoms with Gasteiger partial charge in [-0.15, -0.1) is 21.5 Å². The van der Waals surface area contributed by atoms with Crippen molar-refractivity contribution in [3.63, 3.8) is 0 Å². The number of aryl methyl sites for hydroxylation is 3. The van der Waals surface area contributed by atoms with Crippen molar-refractivity contribution in [1.29, 1.82) is 0 Å². The summed E-state index contributed by atoms with van der Waals surface area (Å²) in [6, 6.07) is 8.47. The van der Waals surface area contributed by atoms with Gasteiger partial charge in [0.25, 0.3) is 0 Å². The fraction of sp³-hybridized carbons (Fsp3) is 0.500. The quantitative estimate of drug-likeness (QED) is 0.199. The Hall–Kier alpha value is -3.83. The monoisotopic (exact) mass is 630 g/mol. The second-order valence-electron chi connectivity index (χ2n) is 12.9. The highest BCUT2D eigenvalue weighted by Crippen LogP contribution is 2.39. The van der Waals surface area contributed by atoms with Crippen molar-refractivity contribution in [3.05, 3.63) is 81.4 Å². The van der Waals surface area contributed by atoms with Crippen LogP contribution in [-0.4, -0.2) is 67.9 Å². The topological polar surface area (TPSA) is 108 Å². The first-order valence-electron chi connectivity index (χ1n) is 15.7. The van der Waals surface area contributed by atoms with Crippen molar-refractivity contribution < 1.29 is 18.7 Å². The number of thiophene rings is 1. The number of carbonyl (C=O) groups is 1. The maximum Gasteiger partial charge on any atom is 0.410 e. The van der Waals surface area contributed by atoms with Crippen molar-refractivity contribution >= 4 is 23.1 Å². The molecular weight excluding hydrogens is 588 g/mol. The average Bonchev–Trinajstić information content (AvgIpc) is 3.71. The Morgan fingerprint density at radius 1 is 1.09 bits per heavy atom. The van der Waals surface area contributed by atoms with Gasteiger partial charge in [0.2, 0.25) is 0 Å². The molecule has 0 radical (unpaired) electrons. The lowest BCUT2D eigenvalue weighted by Gasteiger charge is -2.33. The largest absolute Gasteiger partial charge is 0.449 e. The third kappa shape index (κ3) is 6.89. The zero-order valence-corrected chi connectivity index (χ0v) is 27.8. The van der Waals surface area contributed by atoms with Crippen LogP contribution in [0.1, 0.15) is 90.7 Å². The Bertz CT molecular complexity index is 1660. The molecule has 11 heteroatoms. The first kappa shape index (κ1) is 31.2. The number of piperidine rings is 1. The highest BCUT2D eigenvalue weighted by atomic mass is 32.1.